The number of nitrogens with zero attached hydrogens (tertiary/aromatic N) is 2. The van der Waals surface area contributed by atoms with Crippen molar-refractivity contribution in [2.24, 2.45) is 0 Å². The zero-order valence-corrected chi connectivity index (χ0v) is 14.6. The smallest absolute Gasteiger partial charge is 0.264 e. The van der Waals surface area contributed by atoms with E-state index in [2.05, 4.69) is 11.4 Å². The summed E-state index contributed by atoms with van der Waals surface area (Å²) in [6, 6.07) is 10.9. The van der Waals surface area contributed by atoms with Gasteiger partial charge in [-0.25, -0.2) is 0 Å². The van der Waals surface area contributed by atoms with Gasteiger partial charge in [-0.2, -0.15) is 5.26 Å². The lowest BCUT2D eigenvalue weighted by atomic mass is 10.1. The number of hydrogen-bond acceptors (Lipinski definition) is 5. The molecule has 0 radical (unpaired) electrons. The zero-order valence-electron chi connectivity index (χ0n) is 13.7. The molecule has 1 N–H and O–H groups in total. The van der Waals surface area contributed by atoms with Gasteiger partial charge in [-0.1, -0.05) is 18.2 Å². The van der Waals surface area contributed by atoms with E-state index in [9.17, 15) is 14.9 Å². The molecule has 0 bridgehead atoms. The second-order valence-electron chi connectivity index (χ2n) is 5.60. The van der Waals surface area contributed by atoms with Crippen LogP contribution in [0.2, 0.25) is 0 Å². The van der Waals surface area contributed by atoms with Crippen LogP contribution in [0.5, 0.6) is 0 Å². The van der Waals surface area contributed by atoms with E-state index in [-0.39, 0.29) is 11.8 Å². The number of nitrogens with one attached hydrogen (secondary N) is 1. The number of nitriles is 1. The van der Waals surface area contributed by atoms with Gasteiger partial charge in [0.2, 0.25) is 0 Å². The summed E-state index contributed by atoms with van der Waals surface area (Å²) in [5.41, 5.74) is 1.44. The molecular weight excluding hydrogens is 338 g/mol. The lowest BCUT2D eigenvalue weighted by molar-refractivity contribution is 0.0305. The molecule has 25 heavy (non-hydrogen) atoms. The van der Waals surface area contributed by atoms with Gasteiger partial charge < -0.3 is 15.0 Å². The number of rotatable bonds is 3. The maximum Gasteiger partial charge on any atom is 0.264 e. The number of hydrogen-bond donors (Lipinski definition) is 1. The van der Waals surface area contributed by atoms with Crippen LogP contribution < -0.4 is 5.32 Å². The molecule has 0 saturated carbocycles. The van der Waals surface area contributed by atoms with Crippen molar-refractivity contribution in [3.63, 3.8) is 0 Å². The van der Waals surface area contributed by atoms with Gasteiger partial charge in [0.15, 0.2) is 0 Å². The molecule has 7 heteroatoms. The number of ether oxygens (including phenoxy) is 1. The van der Waals surface area contributed by atoms with E-state index in [0.29, 0.717) is 52.9 Å². The summed E-state index contributed by atoms with van der Waals surface area (Å²) in [6.45, 7) is 3.83. The average Bonchev–Trinajstić information content (AvgIpc) is 2.97. The Morgan fingerprint density at radius 3 is 2.56 bits per heavy atom. The molecule has 0 aliphatic carbocycles. The highest BCUT2D eigenvalue weighted by molar-refractivity contribution is 7.18. The van der Waals surface area contributed by atoms with Gasteiger partial charge in [0.05, 0.1) is 23.7 Å². The first-order valence-corrected chi connectivity index (χ1v) is 8.70. The van der Waals surface area contributed by atoms with Crippen LogP contribution in [0.4, 0.5) is 5.00 Å². The van der Waals surface area contributed by atoms with Crippen molar-refractivity contribution in [3.05, 3.63) is 51.9 Å². The Morgan fingerprint density at radius 2 is 1.92 bits per heavy atom. The SMILES string of the molecule is Cc1c(C(=O)N2CCOCC2)sc(NC(=O)c2ccccc2)c1C#N. The lowest BCUT2D eigenvalue weighted by Crippen LogP contribution is -2.40. The Morgan fingerprint density at radius 1 is 1.24 bits per heavy atom. The minimum atomic E-state index is -0.302. The average molecular weight is 355 g/mol. The Bertz CT molecular complexity index is 833. The van der Waals surface area contributed by atoms with Gasteiger partial charge in [-0.15, -0.1) is 11.3 Å². The Hall–Kier alpha value is -2.69. The molecule has 0 unspecified atom stereocenters. The van der Waals surface area contributed by atoms with Crippen LogP contribution in [0.3, 0.4) is 0 Å². The molecular formula is C18H17N3O3S. The quantitative estimate of drug-likeness (QED) is 0.917. The molecule has 2 amide bonds. The maximum absolute atomic E-state index is 12.7. The van der Waals surface area contributed by atoms with Gasteiger partial charge in [0, 0.05) is 18.7 Å². The molecule has 3 rings (SSSR count). The number of anilines is 1. The fourth-order valence-electron chi connectivity index (χ4n) is 2.62. The fourth-order valence-corrected chi connectivity index (χ4v) is 3.74. The number of carbonyl (C=O) groups excluding carboxylic acids is 2. The van der Waals surface area contributed by atoms with Crippen LogP contribution in [0.15, 0.2) is 30.3 Å². The number of morpholine rings is 1. The number of amides is 2. The predicted molar refractivity (Wildman–Crippen MR) is 94.9 cm³/mol. The van der Waals surface area contributed by atoms with Crippen LogP contribution >= 0.6 is 11.3 Å². The van der Waals surface area contributed by atoms with Crippen LogP contribution in [-0.4, -0.2) is 43.0 Å². The third kappa shape index (κ3) is 3.55. The molecule has 0 spiro atoms. The Kier molecular flexibility index (Phi) is 5.12. The maximum atomic E-state index is 12.7. The van der Waals surface area contributed by atoms with E-state index < -0.39 is 0 Å². The van der Waals surface area contributed by atoms with E-state index >= 15 is 0 Å². The van der Waals surface area contributed by atoms with Crippen molar-refractivity contribution in [3.8, 4) is 6.07 Å². The molecule has 2 heterocycles. The second-order valence-corrected chi connectivity index (χ2v) is 6.62. The number of carbonyl (C=O) groups is 2. The van der Waals surface area contributed by atoms with Gasteiger partial charge in [-0.05, 0) is 24.6 Å². The van der Waals surface area contributed by atoms with Crippen molar-refractivity contribution >= 4 is 28.2 Å². The van der Waals surface area contributed by atoms with Crippen LogP contribution in [0.25, 0.3) is 0 Å². The first-order chi connectivity index (χ1) is 12.1. The summed E-state index contributed by atoms with van der Waals surface area (Å²) in [5, 5.41) is 12.6. The Balaban J connectivity index is 1.86. The summed E-state index contributed by atoms with van der Waals surface area (Å²) in [4.78, 5) is 27.3. The molecule has 1 aliphatic heterocycles. The van der Waals surface area contributed by atoms with Crippen molar-refractivity contribution in [1.29, 1.82) is 5.26 Å². The summed E-state index contributed by atoms with van der Waals surface area (Å²) in [6.07, 6.45) is 0. The summed E-state index contributed by atoms with van der Waals surface area (Å²) in [7, 11) is 0. The lowest BCUT2D eigenvalue weighted by Gasteiger charge is -2.26. The molecule has 1 fully saturated rings. The molecule has 6 nitrogen and oxygen atoms in total. The predicted octanol–water partition coefficient (Wildman–Crippen LogP) is 2.65. The highest BCUT2D eigenvalue weighted by Gasteiger charge is 2.26. The summed E-state index contributed by atoms with van der Waals surface area (Å²) >= 11 is 1.15. The minimum Gasteiger partial charge on any atom is -0.378 e. The molecule has 1 saturated heterocycles. The molecule has 128 valence electrons. The first kappa shape index (κ1) is 17.1. The van der Waals surface area contributed by atoms with E-state index in [1.807, 2.05) is 6.07 Å². The van der Waals surface area contributed by atoms with Crippen molar-refractivity contribution in [2.75, 3.05) is 31.6 Å². The van der Waals surface area contributed by atoms with Gasteiger partial charge in [0.1, 0.15) is 11.1 Å². The van der Waals surface area contributed by atoms with Crippen molar-refractivity contribution < 1.29 is 14.3 Å². The van der Waals surface area contributed by atoms with Gasteiger partial charge in [-0.3, -0.25) is 9.59 Å². The summed E-state index contributed by atoms with van der Waals surface area (Å²) in [5.74, 6) is -0.425. The first-order valence-electron chi connectivity index (χ1n) is 7.88. The summed E-state index contributed by atoms with van der Waals surface area (Å²) < 4.78 is 5.27. The molecule has 1 aromatic heterocycles. The monoisotopic (exact) mass is 355 g/mol. The zero-order chi connectivity index (χ0) is 17.8. The second kappa shape index (κ2) is 7.47. The fraction of sp³-hybridized carbons (Fsp3) is 0.278. The minimum absolute atomic E-state index is 0.123. The number of benzene rings is 1. The molecule has 2 aromatic rings. The number of thiophene rings is 1. The largest absolute Gasteiger partial charge is 0.378 e. The standard InChI is InChI=1S/C18H17N3O3S/c1-12-14(11-19)17(20-16(22)13-5-3-2-4-6-13)25-15(12)18(23)21-7-9-24-10-8-21/h2-6H,7-10H2,1H3,(H,20,22). The third-order valence-corrected chi connectivity index (χ3v) is 5.21. The highest BCUT2D eigenvalue weighted by Crippen LogP contribution is 2.33. The molecule has 0 atom stereocenters. The molecule has 1 aromatic carbocycles. The Labute approximate surface area is 149 Å². The van der Waals surface area contributed by atoms with E-state index in [0.717, 1.165) is 11.3 Å². The van der Waals surface area contributed by atoms with E-state index in [1.165, 1.54) is 0 Å². The van der Waals surface area contributed by atoms with Crippen LogP contribution in [-0.2, 0) is 4.74 Å². The van der Waals surface area contributed by atoms with Gasteiger partial charge >= 0.3 is 0 Å². The van der Waals surface area contributed by atoms with E-state index in [4.69, 9.17) is 4.74 Å². The van der Waals surface area contributed by atoms with Crippen LogP contribution in [0.1, 0.15) is 31.2 Å². The topological polar surface area (TPSA) is 82.4 Å². The van der Waals surface area contributed by atoms with Crippen LogP contribution in [0, 0.1) is 18.3 Å². The third-order valence-electron chi connectivity index (χ3n) is 4.01. The van der Waals surface area contributed by atoms with E-state index in [1.54, 1.807) is 36.1 Å². The molecule has 1 aliphatic rings. The van der Waals surface area contributed by atoms with Crippen molar-refractivity contribution in [1.82, 2.24) is 4.90 Å². The van der Waals surface area contributed by atoms with Gasteiger partial charge in [0.25, 0.3) is 11.8 Å². The van der Waals surface area contributed by atoms with Crippen molar-refractivity contribution in [2.45, 2.75) is 6.92 Å². The normalized spacial score (nSPS) is 14.0. The highest BCUT2D eigenvalue weighted by atomic mass is 32.1.